The van der Waals surface area contributed by atoms with Crippen molar-refractivity contribution in [1.29, 1.82) is 0 Å². The van der Waals surface area contributed by atoms with Crippen LogP contribution in [0.15, 0.2) is 48.5 Å². The predicted molar refractivity (Wildman–Crippen MR) is 122 cm³/mol. The van der Waals surface area contributed by atoms with Crippen molar-refractivity contribution >= 4 is 5.78 Å². The SMILES string of the molecule is CCCCCOc1ccc(-c2ccc([C@@H]3CC[C@@H](CCCC)CC3=O)cc2)cc1. The van der Waals surface area contributed by atoms with Crippen LogP contribution in [0.25, 0.3) is 11.1 Å². The zero-order valence-corrected chi connectivity index (χ0v) is 18.2. The zero-order chi connectivity index (χ0) is 20.5. The molecule has 2 nitrogen and oxygen atoms in total. The Balaban J connectivity index is 1.57. The average molecular weight is 393 g/mol. The molecule has 1 saturated carbocycles. The van der Waals surface area contributed by atoms with Crippen molar-refractivity contribution < 1.29 is 9.53 Å². The highest BCUT2D eigenvalue weighted by Gasteiger charge is 2.29. The molecule has 0 spiro atoms. The number of ketones is 1. The Morgan fingerprint density at radius 2 is 1.48 bits per heavy atom. The van der Waals surface area contributed by atoms with Gasteiger partial charge in [0.05, 0.1) is 6.61 Å². The second-order valence-electron chi connectivity index (χ2n) is 8.51. The van der Waals surface area contributed by atoms with Crippen molar-refractivity contribution in [3.8, 4) is 16.9 Å². The van der Waals surface area contributed by atoms with E-state index in [0.29, 0.717) is 11.7 Å². The number of rotatable bonds is 10. The lowest BCUT2D eigenvalue weighted by Crippen LogP contribution is -2.23. The summed E-state index contributed by atoms with van der Waals surface area (Å²) in [6.07, 6.45) is 10.2. The van der Waals surface area contributed by atoms with E-state index in [0.717, 1.165) is 31.6 Å². The minimum atomic E-state index is 0.0980. The van der Waals surface area contributed by atoms with Crippen LogP contribution in [-0.4, -0.2) is 12.4 Å². The lowest BCUT2D eigenvalue weighted by Gasteiger charge is -2.27. The van der Waals surface area contributed by atoms with Crippen molar-refractivity contribution in [2.24, 2.45) is 5.92 Å². The molecule has 2 heteroatoms. The van der Waals surface area contributed by atoms with Gasteiger partial charge in [0.1, 0.15) is 11.5 Å². The molecule has 0 heterocycles. The van der Waals surface area contributed by atoms with E-state index in [1.807, 2.05) is 0 Å². The van der Waals surface area contributed by atoms with Crippen molar-refractivity contribution in [1.82, 2.24) is 0 Å². The van der Waals surface area contributed by atoms with Gasteiger partial charge in [-0.15, -0.1) is 0 Å². The Morgan fingerprint density at radius 1 is 0.828 bits per heavy atom. The summed E-state index contributed by atoms with van der Waals surface area (Å²) in [5, 5.41) is 0. The first-order chi connectivity index (χ1) is 14.2. The lowest BCUT2D eigenvalue weighted by atomic mass is 9.76. The summed E-state index contributed by atoms with van der Waals surface area (Å²) in [6, 6.07) is 17.0. The van der Waals surface area contributed by atoms with Gasteiger partial charge in [0.2, 0.25) is 0 Å². The van der Waals surface area contributed by atoms with Gasteiger partial charge in [-0.2, -0.15) is 0 Å². The van der Waals surface area contributed by atoms with Gasteiger partial charge >= 0.3 is 0 Å². The quantitative estimate of drug-likeness (QED) is 0.390. The van der Waals surface area contributed by atoms with E-state index in [9.17, 15) is 4.79 Å². The second kappa shape index (κ2) is 11.2. The number of Topliss-reactive ketones (excluding diaryl/α,β-unsaturated/α-hetero) is 1. The minimum Gasteiger partial charge on any atom is -0.494 e. The fourth-order valence-corrected chi connectivity index (χ4v) is 4.38. The van der Waals surface area contributed by atoms with Crippen LogP contribution in [0.1, 0.15) is 83.1 Å². The summed E-state index contributed by atoms with van der Waals surface area (Å²) in [6.45, 7) is 5.22. The molecule has 3 rings (SSSR count). The van der Waals surface area contributed by atoms with Crippen molar-refractivity contribution in [3.05, 3.63) is 54.1 Å². The van der Waals surface area contributed by atoms with Crippen LogP contribution in [0.5, 0.6) is 5.75 Å². The fourth-order valence-electron chi connectivity index (χ4n) is 4.38. The van der Waals surface area contributed by atoms with Gasteiger partial charge in [-0.05, 0) is 54.0 Å². The molecule has 29 heavy (non-hydrogen) atoms. The minimum absolute atomic E-state index is 0.0980. The normalized spacial score (nSPS) is 19.3. The van der Waals surface area contributed by atoms with Gasteiger partial charge in [0, 0.05) is 12.3 Å². The highest BCUT2D eigenvalue weighted by Crippen LogP contribution is 2.36. The van der Waals surface area contributed by atoms with E-state index in [1.165, 1.54) is 55.2 Å². The molecule has 156 valence electrons. The van der Waals surface area contributed by atoms with Crippen LogP contribution in [0.4, 0.5) is 0 Å². The van der Waals surface area contributed by atoms with Crippen molar-refractivity contribution in [2.45, 2.75) is 77.6 Å². The third-order valence-electron chi connectivity index (χ3n) is 6.23. The number of ether oxygens (including phenoxy) is 1. The number of hydrogen-bond acceptors (Lipinski definition) is 2. The highest BCUT2D eigenvalue weighted by molar-refractivity contribution is 5.86. The van der Waals surface area contributed by atoms with Crippen molar-refractivity contribution in [3.63, 3.8) is 0 Å². The summed E-state index contributed by atoms with van der Waals surface area (Å²) in [5.41, 5.74) is 3.56. The molecular weight excluding hydrogens is 356 g/mol. The summed E-state index contributed by atoms with van der Waals surface area (Å²) in [4.78, 5) is 12.7. The predicted octanol–water partition coefficient (Wildman–Crippen LogP) is 7.57. The topological polar surface area (TPSA) is 26.3 Å². The molecule has 0 bridgehead atoms. The van der Waals surface area contributed by atoms with E-state index in [-0.39, 0.29) is 5.92 Å². The first kappa shape index (κ1) is 21.6. The number of benzene rings is 2. The third kappa shape index (κ3) is 6.19. The molecule has 0 radical (unpaired) electrons. The third-order valence-corrected chi connectivity index (χ3v) is 6.23. The van der Waals surface area contributed by atoms with Crippen LogP contribution in [0.3, 0.4) is 0 Å². The van der Waals surface area contributed by atoms with Gasteiger partial charge in [-0.3, -0.25) is 4.79 Å². The van der Waals surface area contributed by atoms with Gasteiger partial charge in [0.25, 0.3) is 0 Å². The summed E-state index contributed by atoms with van der Waals surface area (Å²) < 4.78 is 5.80. The first-order valence-corrected chi connectivity index (χ1v) is 11.6. The van der Waals surface area contributed by atoms with Crippen molar-refractivity contribution in [2.75, 3.05) is 6.61 Å². The van der Waals surface area contributed by atoms with Crippen LogP contribution in [0.2, 0.25) is 0 Å². The molecular formula is C27H36O2. The molecule has 0 aromatic heterocycles. The molecule has 1 fully saturated rings. The molecule has 0 aliphatic heterocycles. The molecule has 0 N–H and O–H groups in total. The molecule has 0 unspecified atom stereocenters. The van der Waals surface area contributed by atoms with Gasteiger partial charge in [-0.25, -0.2) is 0 Å². The molecule has 2 atom stereocenters. The zero-order valence-electron chi connectivity index (χ0n) is 18.2. The van der Waals surface area contributed by atoms with E-state index in [2.05, 4.69) is 62.4 Å². The maximum Gasteiger partial charge on any atom is 0.140 e. The monoisotopic (exact) mass is 392 g/mol. The van der Waals surface area contributed by atoms with Crippen LogP contribution in [-0.2, 0) is 4.79 Å². The molecule has 0 saturated heterocycles. The Bertz CT molecular complexity index is 745. The van der Waals surface area contributed by atoms with E-state index >= 15 is 0 Å². The highest BCUT2D eigenvalue weighted by atomic mass is 16.5. The molecule has 1 aliphatic carbocycles. The number of unbranched alkanes of at least 4 members (excludes halogenated alkanes) is 3. The number of hydrogen-bond donors (Lipinski definition) is 0. The fraction of sp³-hybridized carbons (Fsp3) is 0.519. The van der Waals surface area contributed by atoms with Crippen LogP contribution in [0, 0.1) is 5.92 Å². The van der Waals surface area contributed by atoms with E-state index in [4.69, 9.17) is 4.74 Å². The molecule has 2 aromatic carbocycles. The Kier molecular flexibility index (Phi) is 8.34. The Hall–Kier alpha value is -2.09. The number of carbonyl (C=O) groups is 1. The van der Waals surface area contributed by atoms with Gasteiger partial charge in [-0.1, -0.05) is 82.3 Å². The molecule has 1 aliphatic rings. The maximum absolute atomic E-state index is 12.7. The summed E-state index contributed by atoms with van der Waals surface area (Å²) in [7, 11) is 0. The van der Waals surface area contributed by atoms with Crippen LogP contribution < -0.4 is 4.74 Å². The molecule has 0 amide bonds. The smallest absolute Gasteiger partial charge is 0.140 e. The maximum atomic E-state index is 12.7. The molecule has 2 aromatic rings. The summed E-state index contributed by atoms with van der Waals surface area (Å²) >= 11 is 0. The van der Waals surface area contributed by atoms with E-state index in [1.54, 1.807) is 0 Å². The average Bonchev–Trinajstić information content (AvgIpc) is 2.76. The van der Waals surface area contributed by atoms with Gasteiger partial charge in [0.15, 0.2) is 0 Å². The second-order valence-corrected chi connectivity index (χ2v) is 8.51. The Labute approximate surface area is 176 Å². The Morgan fingerprint density at radius 3 is 2.10 bits per heavy atom. The number of carbonyl (C=O) groups excluding carboxylic acids is 1. The largest absolute Gasteiger partial charge is 0.494 e. The van der Waals surface area contributed by atoms with Crippen LogP contribution >= 0.6 is 0 Å². The first-order valence-electron chi connectivity index (χ1n) is 11.6. The van der Waals surface area contributed by atoms with Gasteiger partial charge < -0.3 is 4.74 Å². The summed E-state index contributed by atoms with van der Waals surface area (Å²) in [5.74, 6) is 2.09. The lowest BCUT2D eigenvalue weighted by molar-refractivity contribution is -0.123. The van der Waals surface area contributed by atoms with E-state index < -0.39 is 0 Å². The standard InChI is InChI=1S/C27H36O2/c1-3-5-7-19-29-25-16-14-23(15-17-25)22-10-12-24(13-11-22)26-18-9-21(8-6-4-2)20-27(26)28/h10-17,21,26H,3-9,18-20H2,1-2H3/t21-,26+/m1/s1.